The minimum atomic E-state index is -0.0671. The van der Waals surface area contributed by atoms with Crippen molar-refractivity contribution in [3.8, 4) is 11.3 Å². The van der Waals surface area contributed by atoms with E-state index in [1.165, 1.54) is 0 Å². The summed E-state index contributed by atoms with van der Waals surface area (Å²) in [6.07, 6.45) is 5.18. The van der Waals surface area contributed by atoms with Crippen molar-refractivity contribution < 1.29 is 4.79 Å². The third-order valence-electron chi connectivity index (χ3n) is 4.78. The molecule has 136 valence electrons. The molecule has 3 heterocycles. The first kappa shape index (κ1) is 17.1. The summed E-state index contributed by atoms with van der Waals surface area (Å²) in [5, 5.41) is 11.7. The molecule has 1 aromatic carbocycles. The van der Waals surface area contributed by atoms with E-state index in [1.807, 2.05) is 42.5 Å². The molecule has 4 rings (SSSR count). The Balaban J connectivity index is 1.43. The smallest absolute Gasteiger partial charge is 0.229 e. The quantitative estimate of drug-likeness (QED) is 0.773. The Morgan fingerprint density at radius 3 is 2.56 bits per heavy atom. The molecule has 1 fully saturated rings. The summed E-state index contributed by atoms with van der Waals surface area (Å²) >= 11 is 0. The highest BCUT2D eigenvalue weighted by Crippen LogP contribution is 2.24. The molecule has 0 unspecified atom stereocenters. The molecule has 0 aliphatic carbocycles. The maximum Gasteiger partial charge on any atom is 0.229 e. The molecule has 1 atom stereocenters. The first-order chi connectivity index (χ1) is 13.3. The van der Waals surface area contributed by atoms with Crippen LogP contribution in [0.4, 0.5) is 11.5 Å². The average molecular weight is 359 g/mol. The first-order valence-electron chi connectivity index (χ1n) is 9.14. The summed E-state index contributed by atoms with van der Waals surface area (Å²) in [6.45, 7) is 1.54. The molecule has 0 spiro atoms. The van der Waals surface area contributed by atoms with Crippen LogP contribution < -0.4 is 10.2 Å². The number of piperidine rings is 1. The number of benzene rings is 1. The lowest BCUT2D eigenvalue weighted by atomic mass is 9.97. The summed E-state index contributed by atoms with van der Waals surface area (Å²) in [5.74, 6) is 0.790. The number of carbonyl (C=O) groups excluding carboxylic acids is 1. The number of nitrogens with one attached hydrogen (secondary N) is 1. The number of hydrogen-bond acceptors (Lipinski definition) is 5. The van der Waals surface area contributed by atoms with E-state index in [2.05, 4.69) is 25.4 Å². The third-order valence-corrected chi connectivity index (χ3v) is 4.78. The summed E-state index contributed by atoms with van der Waals surface area (Å²) in [5.41, 5.74) is 2.67. The minimum absolute atomic E-state index is 0.0414. The molecule has 1 aliphatic heterocycles. The van der Waals surface area contributed by atoms with Crippen molar-refractivity contribution in [3.05, 3.63) is 67.0 Å². The summed E-state index contributed by atoms with van der Waals surface area (Å²) in [7, 11) is 0. The Morgan fingerprint density at radius 1 is 1.00 bits per heavy atom. The Hall–Kier alpha value is -3.28. The van der Waals surface area contributed by atoms with Crippen LogP contribution in [0.25, 0.3) is 11.3 Å². The van der Waals surface area contributed by atoms with Crippen molar-refractivity contribution in [2.75, 3.05) is 23.3 Å². The normalized spacial score (nSPS) is 16.7. The average Bonchev–Trinajstić information content (AvgIpc) is 2.75. The van der Waals surface area contributed by atoms with Gasteiger partial charge < -0.3 is 10.2 Å². The molecular formula is C21H21N5O. The van der Waals surface area contributed by atoms with Gasteiger partial charge >= 0.3 is 0 Å². The number of rotatable bonds is 4. The maximum atomic E-state index is 12.6. The van der Waals surface area contributed by atoms with E-state index in [0.29, 0.717) is 6.54 Å². The molecule has 6 nitrogen and oxygen atoms in total. The predicted molar refractivity (Wildman–Crippen MR) is 105 cm³/mol. The Bertz CT molecular complexity index is 883. The molecular weight excluding hydrogens is 338 g/mol. The lowest BCUT2D eigenvalue weighted by molar-refractivity contribution is -0.120. The molecule has 2 aromatic heterocycles. The van der Waals surface area contributed by atoms with E-state index in [4.69, 9.17) is 0 Å². The van der Waals surface area contributed by atoms with Crippen LogP contribution in [-0.4, -0.2) is 34.2 Å². The number of amides is 1. The van der Waals surface area contributed by atoms with Gasteiger partial charge in [-0.05, 0) is 37.1 Å². The monoisotopic (exact) mass is 359 g/mol. The van der Waals surface area contributed by atoms with Gasteiger partial charge in [0, 0.05) is 36.7 Å². The van der Waals surface area contributed by atoms with Gasteiger partial charge in [0.2, 0.25) is 5.91 Å². The van der Waals surface area contributed by atoms with Gasteiger partial charge in [-0.1, -0.05) is 30.3 Å². The van der Waals surface area contributed by atoms with Crippen LogP contribution in [0.5, 0.6) is 0 Å². The van der Waals surface area contributed by atoms with Crippen molar-refractivity contribution in [3.63, 3.8) is 0 Å². The topological polar surface area (TPSA) is 71.0 Å². The maximum absolute atomic E-state index is 12.6. The first-order valence-corrected chi connectivity index (χ1v) is 9.14. The fraction of sp³-hybridized carbons (Fsp3) is 0.238. The van der Waals surface area contributed by atoms with Gasteiger partial charge in [-0.3, -0.25) is 9.78 Å². The zero-order chi connectivity index (χ0) is 18.5. The highest BCUT2D eigenvalue weighted by atomic mass is 16.1. The number of hydrogen-bond donors (Lipinski definition) is 1. The zero-order valence-electron chi connectivity index (χ0n) is 15.0. The number of nitrogens with zero attached hydrogens (tertiary/aromatic N) is 4. The van der Waals surface area contributed by atoms with E-state index in [1.54, 1.807) is 24.5 Å². The van der Waals surface area contributed by atoms with Gasteiger partial charge in [0.1, 0.15) is 0 Å². The molecule has 1 N–H and O–H groups in total. The molecule has 27 heavy (non-hydrogen) atoms. The summed E-state index contributed by atoms with van der Waals surface area (Å²) < 4.78 is 0. The van der Waals surface area contributed by atoms with E-state index >= 15 is 0 Å². The highest BCUT2D eigenvalue weighted by molar-refractivity contribution is 5.92. The van der Waals surface area contributed by atoms with Gasteiger partial charge in [-0.2, -0.15) is 0 Å². The van der Waals surface area contributed by atoms with E-state index in [-0.39, 0.29) is 11.8 Å². The molecule has 0 radical (unpaired) electrons. The predicted octanol–water partition coefficient (Wildman–Crippen LogP) is 3.39. The molecule has 0 bridgehead atoms. The number of pyridine rings is 1. The Kier molecular flexibility index (Phi) is 5.05. The fourth-order valence-electron chi connectivity index (χ4n) is 3.34. The lowest BCUT2D eigenvalue weighted by Gasteiger charge is -2.32. The second-order valence-electron chi connectivity index (χ2n) is 6.65. The second kappa shape index (κ2) is 7.95. The minimum Gasteiger partial charge on any atom is -0.354 e. The number of anilines is 2. The van der Waals surface area contributed by atoms with Gasteiger partial charge in [-0.15, -0.1) is 10.2 Å². The van der Waals surface area contributed by atoms with Crippen molar-refractivity contribution in [1.82, 2.24) is 15.2 Å². The largest absolute Gasteiger partial charge is 0.354 e. The fourth-order valence-corrected chi connectivity index (χ4v) is 3.34. The number of carbonyl (C=O) groups is 1. The highest BCUT2D eigenvalue weighted by Gasteiger charge is 2.26. The van der Waals surface area contributed by atoms with E-state index in [0.717, 1.165) is 42.1 Å². The molecule has 0 saturated carbocycles. The van der Waals surface area contributed by atoms with Gasteiger partial charge in [0.05, 0.1) is 11.6 Å². The van der Waals surface area contributed by atoms with Crippen LogP contribution in [0.2, 0.25) is 0 Å². The molecule has 1 aliphatic rings. The Morgan fingerprint density at radius 2 is 1.81 bits per heavy atom. The molecule has 3 aromatic rings. The van der Waals surface area contributed by atoms with Crippen LogP contribution in [0, 0.1) is 5.92 Å². The molecule has 6 heteroatoms. The molecule has 1 amide bonds. The van der Waals surface area contributed by atoms with E-state index in [9.17, 15) is 4.79 Å². The van der Waals surface area contributed by atoms with Crippen LogP contribution in [0.1, 0.15) is 12.8 Å². The van der Waals surface area contributed by atoms with Gasteiger partial charge in [-0.25, -0.2) is 0 Å². The van der Waals surface area contributed by atoms with Crippen LogP contribution in [0.15, 0.2) is 67.0 Å². The van der Waals surface area contributed by atoms with Gasteiger partial charge in [0.25, 0.3) is 0 Å². The number of aromatic nitrogens is 3. The molecule has 1 saturated heterocycles. The van der Waals surface area contributed by atoms with Crippen molar-refractivity contribution in [1.29, 1.82) is 0 Å². The summed E-state index contributed by atoms with van der Waals surface area (Å²) in [4.78, 5) is 18.7. The van der Waals surface area contributed by atoms with Crippen molar-refractivity contribution >= 4 is 17.4 Å². The second-order valence-corrected chi connectivity index (χ2v) is 6.65. The van der Waals surface area contributed by atoms with Crippen LogP contribution in [0.3, 0.4) is 0 Å². The lowest BCUT2D eigenvalue weighted by Crippen LogP contribution is -2.41. The van der Waals surface area contributed by atoms with E-state index < -0.39 is 0 Å². The standard InChI is InChI=1S/C21H21N5O/c27-21(23-18-10-12-22-13-11-18)17-7-4-14-26(15-17)20-9-8-19(24-25-20)16-5-2-1-3-6-16/h1-3,5-6,8-13,17H,4,7,14-15H2,(H,22,23,27)/t17-/m1/s1. The van der Waals surface area contributed by atoms with Crippen LogP contribution >= 0.6 is 0 Å². The van der Waals surface area contributed by atoms with Gasteiger partial charge in [0.15, 0.2) is 5.82 Å². The van der Waals surface area contributed by atoms with Crippen molar-refractivity contribution in [2.45, 2.75) is 12.8 Å². The Labute approximate surface area is 158 Å². The van der Waals surface area contributed by atoms with Crippen molar-refractivity contribution in [2.24, 2.45) is 5.92 Å². The summed E-state index contributed by atoms with van der Waals surface area (Å²) in [6, 6.07) is 17.6. The SMILES string of the molecule is O=C(Nc1ccncc1)[C@@H]1CCCN(c2ccc(-c3ccccc3)nn2)C1. The third kappa shape index (κ3) is 4.11. The van der Waals surface area contributed by atoms with Crippen LogP contribution in [-0.2, 0) is 4.79 Å². The zero-order valence-corrected chi connectivity index (χ0v) is 15.0.